The van der Waals surface area contributed by atoms with E-state index in [0.717, 1.165) is 37.7 Å². The number of alkyl halides is 2. The number of benzene rings is 1. The van der Waals surface area contributed by atoms with Gasteiger partial charge >= 0.3 is 0 Å². The molecule has 1 N–H and O–H groups in total. The van der Waals surface area contributed by atoms with E-state index < -0.39 is 15.5 Å². The summed E-state index contributed by atoms with van der Waals surface area (Å²) < 4.78 is 5.42. The van der Waals surface area contributed by atoms with E-state index in [1.165, 1.54) is 0 Å². The smallest absolute Gasteiger partial charge is 0.266 e. The van der Waals surface area contributed by atoms with Crippen molar-refractivity contribution in [3.05, 3.63) is 29.8 Å². The number of hydrogen-bond acceptors (Lipinski definition) is 3. The van der Waals surface area contributed by atoms with Crippen LogP contribution in [0.5, 0.6) is 5.75 Å². The molecule has 4 rings (SSSR count). The molecule has 154 valence electrons. The van der Waals surface area contributed by atoms with Crippen molar-refractivity contribution in [1.29, 1.82) is 0 Å². The summed E-state index contributed by atoms with van der Waals surface area (Å²) in [4.78, 5) is 15.0. The van der Waals surface area contributed by atoms with Crippen LogP contribution in [0.25, 0.3) is 0 Å². The number of likely N-dealkylation sites (tertiary alicyclic amines) is 1. The average molecular weight is 426 g/mol. The van der Waals surface area contributed by atoms with Crippen molar-refractivity contribution in [2.75, 3.05) is 13.1 Å². The minimum Gasteiger partial charge on any atom is -0.478 e. The molecule has 0 bridgehead atoms. The number of piperidine rings is 1. The molecular formula is C22H29Cl2NO3. The van der Waals surface area contributed by atoms with Gasteiger partial charge in [0.15, 0.2) is 5.60 Å². The topological polar surface area (TPSA) is 49.8 Å². The van der Waals surface area contributed by atoms with Crippen LogP contribution in [0, 0.1) is 5.92 Å². The van der Waals surface area contributed by atoms with Gasteiger partial charge < -0.3 is 14.7 Å². The maximum atomic E-state index is 13.2. The van der Waals surface area contributed by atoms with Crippen molar-refractivity contribution in [3.8, 4) is 5.75 Å². The number of aliphatic hydroxyl groups is 1. The Balaban J connectivity index is 1.39. The van der Waals surface area contributed by atoms with Crippen molar-refractivity contribution in [2.24, 2.45) is 5.92 Å². The van der Waals surface area contributed by atoms with Gasteiger partial charge in [-0.2, -0.15) is 0 Å². The summed E-state index contributed by atoms with van der Waals surface area (Å²) in [7, 11) is 0. The first-order chi connectivity index (χ1) is 13.1. The van der Waals surface area contributed by atoms with Crippen LogP contribution in [0.3, 0.4) is 0 Å². The molecule has 4 nitrogen and oxygen atoms in total. The number of ether oxygens (including phenoxy) is 1. The van der Waals surface area contributed by atoms with Crippen molar-refractivity contribution < 1.29 is 14.6 Å². The number of hydrogen-bond donors (Lipinski definition) is 1. The Hall–Kier alpha value is -0.970. The van der Waals surface area contributed by atoms with E-state index in [-0.39, 0.29) is 17.7 Å². The van der Waals surface area contributed by atoms with Gasteiger partial charge in [-0.25, -0.2) is 0 Å². The van der Waals surface area contributed by atoms with E-state index >= 15 is 0 Å². The summed E-state index contributed by atoms with van der Waals surface area (Å²) in [5.41, 5.74) is -0.457. The molecule has 6 heteroatoms. The summed E-state index contributed by atoms with van der Waals surface area (Å²) in [5, 5.41) is 10.9. The van der Waals surface area contributed by atoms with Crippen molar-refractivity contribution in [1.82, 2.24) is 4.90 Å². The lowest BCUT2D eigenvalue weighted by atomic mass is 9.71. The highest BCUT2D eigenvalue weighted by molar-refractivity contribution is 6.51. The Labute approximate surface area is 177 Å². The van der Waals surface area contributed by atoms with Crippen molar-refractivity contribution in [3.63, 3.8) is 0 Å². The zero-order valence-corrected chi connectivity index (χ0v) is 18.1. The number of halogens is 2. The van der Waals surface area contributed by atoms with E-state index in [1.807, 2.05) is 43.0 Å². The van der Waals surface area contributed by atoms with Crippen LogP contribution in [0.4, 0.5) is 0 Å². The summed E-state index contributed by atoms with van der Waals surface area (Å²) in [6, 6.07) is 7.69. The third-order valence-corrected chi connectivity index (χ3v) is 7.55. The lowest BCUT2D eigenvalue weighted by Gasteiger charge is -2.48. The number of fused-ring (bicyclic) bond motifs is 1. The van der Waals surface area contributed by atoms with Gasteiger partial charge in [-0.05, 0) is 57.2 Å². The zero-order valence-electron chi connectivity index (χ0n) is 16.6. The number of rotatable bonds is 4. The summed E-state index contributed by atoms with van der Waals surface area (Å²) >= 11 is 12.3. The molecule has 2 aliphatic carbocycles. The van der Waals surface area contributed by atoms with Crippen LogP contribution in [0.15, 0.2) is 24.3 Å². The lowest BCUT2D eigenvalue weighted by molar-refractivity contribution is -0.156. The Morgan fingerprint density at radius 1 is 1.21 bits per heavy atom. The Morgan fingerprint density at radius 3 is 2.54 bits per heavy atom. The summed E-state index contributed by atoms with van der Waals surface area (Å²) in [5.74, 6) is 0.983. The van der Waals surface area contributed by atoms with Gasteiger partial charge in [-0.15, -0.1) is 23.2 Å². The molecule has 3 unspecified atom stereocenters. The maximum absolute atomic E-state index is 13.2. The standard InChI is InChI=1S/C22H29Cl2NO3/c1-20(2,28-17-8-6-15(7-9-17)18-13-22(18,23)24)19(26)25-12-11-21(27)10-4-3-5-16(21)14-25/h6-9,16,18,27H,3-5,10-14H2,1-2H3. The predicted molar refractivity (Wildman–Crippen MR) is 111 cm³/mol. The van der Waals surface area contributed by atoms with Gasteiger partial charge in [-0.1, -0.05) is 25.0 Å². The lowest BCUT2D eigenvalue weighted by Crippen LogP contribution is -2.58. The Morgan fingerprint density at radius 2 is 1.89 bits per heavy atom. The fourth-order valence-corrected chi connectivity index (χ4v) is 5.38. The van der Waals surface area contributed by atoms with Gasteiger partial charge in [0.25, 0.3) is 5.91 Å². The van der Waals surface area contributed by atoms with Gasteiger partial charge in [-0.3, -0.25) is 4.79 Å². The SMILES string of the molecule is CC(C)(Oc1ccc(C2CC2(Cl)Cl)cc1)C(=O)N1CCC2(O)CCCCC2C1. The van der Waals surface area contributed by atoms with Gasteiger partial charge in [0.05, 0.1) is 5.60 Å². The summed E-state index contributed by atoms with van der Waals surface area (Å²) in [6.07, 6.45) is 5.50. The second-order valence-electron chi connectivity index (χ2n) is 9.25. The molecule has 1 aromatic rings. The molecule has 1 saturated heterocycles. The second kappa shape index (κ2) is 7.07. The Bertz CT molecular complexity index is 749. The molecule has 3 fully saturated rings. The highest BCUT2D eigenvalue weighted by Crippen LogP contribution is 2.59. The number of amides is 1. The molecule has 1 heterocycles. The maximum Gasteiger partial charge on any atom is 0.266 e. The molecule has 2 saturated carbocycles. The first-order valence-electron chi connectivity index (χ1n) is 10.3. The second-order valence-corrected chi connectivity index (χ2v) is 10.8. The third kappa shape index (κ3) is 3.88. The summed E-state index contributed by atoms with van der Waals surface area (Å²) in [6.45, 7) is 4.84. The molecule has 0 spiro atoms. The van der Waals surface area contributed by atoms with Gasteiger partial charge in [0.2, 0.25) is 0 Å². The Kier molecular flexibility index (Phi) is 5.13. The van der Waals surface area contributed by atoms with Crippen LogP contribution in [-0.4, -0.2) is 44.5 Å². The highest BCUT2D eigenvalue weighted by Gasteiger charge is 2.52. The van der Waals surface area contributed by atoms with E-state index in [4.69, 9.17) is 27.9 Å². The molecule has 3 atom stereocenters. The molecule has 28 heavy (non-hydrogen) atoms. The normalized spacial score (nSPS) is 31.8. The van der Waals surface area contributed by atoms with Crippen LogP contribution in [0.2, 0.25) is 0 Å². The molecule has 0 radical (unpaired) electrons. The third-order valence-electron chi connectivity index (χ3n) is 6.71. The predicted octanol–water partition coefficient (Wildman–Crippen LogP) is 4.66. The molecule has 3 aliphatic rings. The fraction of sp³-hybridized carbons (Fsp3) is 0.682. The van der Waals surface area contributed by atoms with Crippen molar-refractivity contribution >= 4 is 29.1 Å². The fourth-order valence-electron chi connectivity index (χ4n) is 4.82. The first-order valence-corrected chi connectivity index (χ1v) is 11.0. The quantitative estimate of drug-likeness (QED) is 0.713. The molecule has 1 aromatic carbocycles. The molecule has 1 amide bonds. The van der Waals surface area contributed by atoms with Crippen LogP contribution in [-0.2, 0) is 4.79 Å². The molecule has 0 aromatic heterocycles. The number of carbonyl (C=O) groups excluding carboxylic acids is 1. The minimum absolute atomic E-state index is 0.0214. The molecule has 1 aliphatic heterocycles. The first kappa shape index (κ1) is 20.3. The average Bonchev–Trinajstić information content (AvgIpc) is 3.29. The van der Waals surface area contributed by atoms with Crippen LogP contribution < -0.4 is 4.74 Å². The monoisotopic (exact) mass is 425 g/mol. The number of nitrogens with zero attached hydrogens (tertiary/aromatic N) is 1. The largest absolute Gasteiger partial charge is 0.478 e. The number of carbonyl (C=O) groups is 1. The molecular weight excluding hydrogens is 397 g/mol. The van der Waals surface area contributed by atoms with E-state index in [1.54, 1.807) is 0 Å². The zero-order chi connectivity index (χ0) is 20.2. The van der Waals surface area contributed by atoms with E-state index in [0.29, 0.717) is 25.3 Å². The van der Waals surface area contributed by atoms with E-state index in [2.05, 4.69) is 0 Å². The highest BCUT2D eigenvalue weighted by atomic mass is 35.5. The van der Waals surface area contributed by atoms with Gasteiger partial charge in [0, 0.05) is 24.9 Å². The van der Waals surface area contributed by atoms with Crippen LogP contribution in [0.1, 0.15) is 63.9 Å². The van der Waals surface area contributed by atoms with E-state index in [9.17, 15) is 9.90 Å². The van der Waals surface area contributed by atoms with Crippen molar-refractivity contribution in [2.45, 2.75) is 73.8 Å². The van der Waals surface area contributed by atoms with Gasteiger partial charge in [0.1, 0.15) is 10.1 Å². The van der Waals surface area contributed by atoms with Crippen LogP contribution >= 0.6 is 23.2 Å². The minimum atomic E-state index is -0.964.